The fourth-order valence-electron chi connectivity index (χ4n) is 2.14. The summed E-state index contributed by atoms with van der Waals surface area (Å²) in [5.74, 6) is 0.516. The van der Waals surface area contributed by atoms with Gasteiger partial charge in [-0.15, -0.1) is 0 Å². The lowest BCUT2D eigenvalue weighted by atomic mass is 9.77. The predicted octanol–water partition coefficient (Wildman–Crippen LogP) is 1.02. The summed E-state index contributed by atoms with van der Waals surface area (Å²) in [6.07, 6.45) is 0. The van der Waals surface area contributed by atoms with Gasteiger partial charge in [0, 0.05) is 12.0 Å². The number of hydrogen-bond acceptors (Lipinski definition) is 5. The molecule has 0 spiro atoms. The minimum Gasteiger partial charge on any atom is -0.399 e. The van der Waals surface area contributed by atoms with Crippen molar-refractivity contribution in [2.75, 3.05) is 19.8 Å². The van der Waals surface area contributed by atoms with Gasteiger partial charge in [-0.25, -0.2) is 4.98 Å². The first-order chi connectivity index (χ1) is 9.12. The van der Waals surface area contributed by atoms with Crippen LogP contribution in [-0.2, 0) is 15.9 Å². The van der Waals surface area contributed by atoms with Gasteiger partial charge in [0.2, 0.25) is 0 Å². The summed E-state index contributed by atoms with van der Waals surface area (Å²) >= 11 is 0. The molecule has 0 radical (unpaired) electrons. The van der Waals surface area contributed by atoms with Crippen molar-refractivity contribution in [2.45, 2.75) is 45.4 Å². The fraction of sp³-hybridized carbons (Fsp3) is 0.643. The first kappa shape index (κ1) is 15.3. The minimum absolute atomic E-state index is 0.353. The first-order valence-corrected chi connectivity index (χ1v) is 6.88. The summed E-state index contributed by atoms with van der Waals surface area (Å²) in [4.78, 5) is 6.48. The van der Waals surface area contributed by atoms with E-state index in [4.69, 9.17) is 15.0 Å². The van der Waals surface area contributed by atoms with Crippen LogP contribution in [0.5, 0.6) is 0 Å². The lowest BCUT2D eigenvalue weighted by Gasteiger charge is -2.32. The Morgan fingerprint density at radius 2 is 1.70 bits per heavy atom. The molecule has 0 unspecified atom stereocenters. The highest BCUT2D eigenvalue weighted by Crippen LogP contribution is 2.36. The van der Waals surface area contributed by atoms with E-state index >= 15 is 0 Å². The largest absolute Gasteiger partial charge is 0.496 e. The number of aromatic nitrogens is 1. The molecule has 1 fully saturated rings. The molecule has 2 N–H and O–H groups in total. The maximum Gasteiger partial charge on any atom is 0.496 e. The molecular weight excluding hydrogens is 253 g/mol. The van der Waals surface area contributed by atoms with Gasteiger partial charge in [0.15, 0.2) is 0 Å². The van der Waals surface area contributed by atoms with E-state index in [-0.39, 0.29) is 11.2 Å². The molecule has 1 aliphatic heterocycles. The Hall–Kier alpha value is -1.11. The number of nitrogens with zero attached hydrogens (tertiary/aromatic N) is 2. The summed E-state index contributed by atoms with van der Waals surface area (Å²) in [6.45, 7) is 8.88. The van der Waals surface area contributed by atoms with E-state index in [1.165, 1.54) is 0 Å². The maximum absolute atomic E-state index is 6.09. The van der Waals surface area contributed by atoms with Crippen molar-refractivity contribution < 1.29 is 9.31 Å². The molecule has 0 aliphatic carbocycles. The van der Waals surface area contributed by atoms with Crippen molar-refractivity contribution in [1.29, 1.82) is 0 Å². The van der Waals surface area contributed by atoms with E-state index in [0.29, 0.717) is 12.4 Å². The Morgan fingerprint density at radius 3 is 2.20 bits per heavy atom. The lowest BCUT2D eigenvalue weighted by molar-refractivity contribution is 0.00578. The molecule has 110 valence electrons. The zero-order chi connectivity index (χ0) is 15.1. The van der Waals surface area contributed by atoms with Crippen LogP contribution < -0.4 is 11.2 Å². The molecule has 5 nitrogen and oxygen atoms in total. The van der Waals surface area contributed by atoms with E-state index in [9.17, 15) is 0 Å². The van der Waals surface area contributed by atoms with Crippen LogP contribution in [0, 0.1) is 0 Å². The quantitative estimate of drug-likeness (QED) is 0.836. The van der Waals surface area contributed by atoms with Crippen molar-refractivity contribution >= 4 is 18.4 Å². The zero-order valence-electron chi connectivity index (χ0n) is 13.2. The number of rotatable bonds is 3. The number of nitrogen functional groups attached to an aromatic ring is 1. The van der Waals surface area contributed by atoms with Gasteiger partial charge in [-0.1, -0.05) is 6.07 Å². The standard InChI is InChI=1S/C14H24BN3O2/c1-13(2)14(3,4)20-15(19-13)10-7-8-12(16)17-11(10)9-18(5)6/h7-8H,9H2,1-6H3,(H2,16,17). The molecule has 6 heteroatoms. The molecule has 1 saturated heterocycles. The molecule has 0 aromatic carbocycles. The van der Waals surface area contributed by atoms with Crippen molar-refractivity contribution in [3.05, 3.63) is 17.8 Å². The second kappa shape index (κ2) is 5.02. The number of hydrogen-bond donors (Lipinski definition) is 1. The van der Waals surface area contributed by atoms with Crippen LogP contribution in [0.1, 0.15) is 33.4 Å². The normalized spacial score (nSPS) is 20.6. The number of nitrogens with two attached hydrogens (primary N) is 1. The van der Waals surface area contributed by atoms with E-state index in [1.807, 2.05) is 47.9 Å². The van der Waals surface area contributed by atoms with Crippen LogP contribution in [0.15, 0.2) is 12.1 Å². The van der Waals surface area contributed by atoms with Gasteiger partial charge in [-0.3, -0.25) is 0 Å². The van der Waals surface area contributed by atoms with Crippen LogP contribution in [-0.4, -0.2) is 42.3 Å². The van der Waals surface area contributed by atoms with Gasteiger partial charge in [0.05, 0.1) is 16.9 Å². The smallest absolute Gasteiger partial charge is 0.399 e. The van der Waals surface area contributed by atoms with Gasteiger partial charge in [-0.2, -0.15) is 0 Å². The minimum atomic E-state index is -0.400. The van der Waals surface area contributed by atoms with Crippen LogP contribution in [0.3, 0.4) is 0 Å². The number of anilines is 1. The van der Waals surface area contributed by atoms with Gasteiger partial charge >= 0.3 is 7.12 Å². The first-order valence-electron chi connectivity index (χ1n) is 6.88. The van der Waals surface area contributed by atoms with Crippen LogP contribution in [0.25, 0.3) is 0 Å². The third-order valence-corrected chi connectivity index (χ3v) is 4.00. The Morgan fingerprint density at radius 1 is 1.15 bits per heavy atom. The summed E-state index contributed by atoms with van der Waals surface area (Å²) in [7, 11) is 3.60. The molecular formula is C14H24BN3O2. The lowest BCUT2D eigenvalue weighted by Crippen LogP contribution is -2.41. The van der Waals surface area contributed by atoms with Gasteiger partial charge in [0.25, 0.3) is 0 Å². The highest BCUT2D eigenvalue weighted by atomic mass is 16.7. The summed E-state index contributed by atoms with van der Waals surface area (Å²) < 4.78 is 12.2. The van der Waals surface area contributed by atoms with Gasteiger partial charge < -0.3 is 19.9 Å². The maximum atomic E-state index is 6.09. The third kappa shape index (κ3) is 2.82. The Labute approximate surface area is 121 Å². The average Bonchev–Trinajstić information content (AvgIpc) is 2.46. The molecule has 0 bridgehead atoms. The van der Waals surface area contributed by atoms with Crippen molar-refractivity contribution in [2.24, 2.45) is 0 Å². The highest BCUT2D eigenvalue weighted by Gasteiger charge is 2.52. The van der Waals surface area contributed by atoms with E-state index in [2.05, 4.69) is 9.88 Å². The fourth-order valence-corrected chi connectivity index (χ4v) is 2.14. The molecule has 20 heavy (non-hydrogen) atoms. The second-order valence-corrected chi connectivity index (χ2v) is 6.60. The average molecular weight is 277 g/mol. The molecule has 1 aromatic heterocycles. The van der Waals surface area contributed by atoms with Crippen LogP contribution >= 0.6 is 0 Å². The number of pyridine rings is 1. The monoisotopic (exact) mass is 277 g/mol. The summed E-state index contributed by atoms with van der Waals surface area (Å²) in [6, 6.07) is 3.74. The van der Waals surface area contributed by atoms with E-state index in [1.54, 1.807) is 6.07 Å². The topological polar surface area (TPSA) is 60.6 Å². The zero-order valence-corrected chi connectivity index (χ0v) is 13.2. The van der Waals surface area contributed by atoms with Gasteiger partial charge in [0.1, 0.15) is 5.82 Å². The summed E-state index contributed by atoms with van der Waals surface area (Å²) in [5.41, 5.74) is 6.94. The molecule has 2 heterocycles. The Balaban J connectivity index is 2.34. The van der Waals surface area contributed by atoms with Crippen molar-refractivity contribution in [3.8, 4) is 0 Å². The second-order valence-electron chi connectivity index (χ2n) is 6.60. The van der Waals surface area contributed by atoms with Crippen molar-refractivity contribution in [1.82, 2.24) is 9.88 Å². The van der Waals surface area contributed by atoms with E-state index in [0.717, 1.165) is 11.2 Å². The SMILES string of the molecule is CN(C)Cc1nc(N)ccc1B1OC(C)(C)C(C)(C)O1. The van der Waals surface area contributed by atoms with Crippen LogP contribution in [0.4, 0.5) is 5.82 Å². The Bertz CT molecular complexity index is 487. The molecule has 1 aromatic rings. The molecule has 1 aliphatic rings. The van der Waals surface area contributed by atoms with Crippen molar-refractivity contribution in [3.63, 3.8) is 0 Å². The molecule has 0 atom stereocenters. The molecule has 0 amide bonds. The highest BCUT2D eigenvalue weighted by molar-refractivity contribution is 6.62. The van der Waals surface area contributed by atoms with Gasteiger partial charge in [-0.05, 0) is 47.9 Å². The predicted molar refractivity (Wildman–Crippen MR) is 81.8 cm³/mol. The molecule has 0 saturated carbocycles. The Kier molecular flexibility index (Phi) is 3.84. The summed E-state index contributed by atoms with van der Waals surface area (Å²) in [5, 5.41) is 0. The van der Waals surface area contributed by atoms with E-state index < -0.39 is 7.12 Å². The van der Waals surface area contributed by atoms with Crippen LogP contribution in [0.2, 0.25) is 0 Å². The third-order valence-electron chi connectivity index (χ3n) is 4.00. The molecule has 2 rings (SSSR count).